The zero-order valence-electron chi connectivity index (χ0n) is 13.5. The Bertz CT molecular complexity index is 860. The number of likely N-dealkylation sites (tertiary alicyclic amines) is 1. The van der Waals surface area contributed by atoms with Crippen molar-refractivity contribution in [3.8, 4) is 5.69 Å². The number of carbonyl (C=O) groups excluding carboxylic acids is 1. The molecule has 1 saturated heterocycles. The molecule has 24 heavy (non-hydrogen) atoms. The van der Waals surface area contributed by atoms with Crippen LogP contribution in [0.5, 0.6) is 0 Å². The van der Waals surface area contributed by atoms with E-state index >= 15 is 0 Å². The Labute approximate surface area is 139 Å². The first-order valence-corrected chi connectivity index (χ1v) is 8.04. The Balaban J connectivity index is 1.48. The zero-order chi connectivity index (χ0) is 16.5. The van der Waals surface area contributed by atoms with Gasteiger partial charge in [0.1, 0.15) is 0 Å². The lowest BCUT2D eigenvalue weighted by Crippen LogP contribution is -2.43. The Morgan fingerprint density at radius 1 is 1.25 bits per heavy atom. The largest absolute Gasteiger partial charge is 0.348 e. The minimum atomic E-state index is -0.120. The molecule has 124 valence electrons. The molecule has 1 N–H and O–H groups in total. The maximum atomic E-state index is 12.4. The van der Waals surface area contributed by atoms with E-state index in [4.69, 9.17) is 0 Å². The summed E-state index contributed by atoms with van der Waals surface area (Å²) in [5.41, 5.74) is 2.16. The summed E-state index contributed by atoms with van der Waals surface area (Å²) in [7, 11) is 2.10. The maximum Gasteiger partial charge on any atom is 0.272 e. The van der Waals surface area contributed by atoms with Crippen molar-refractivity contribution in [3.05, 3.63) is 42.5 Å². The van der Waals surface area contributed by atoms with Crippen molar-refractivity contribution in [2.75, 3.05) is 20.1 Å². The predicted octanol–water partition coefficient (Wildman–Crippen LogP) is 0.739. The quantitative estimate of drug-likeness (QED) is 0.768. The lowest BCUT2D eigenvalue weighted by Gasteiger charge is -2.29. The molecule has 4 heterocycles. The molecule has 3 aromatic heterocycles. The Morgan fingerprint density at radius 2 is 2.08 bits per heavy atom. The van der Waals surface area contributed by atoms with Crippen LogP contribution in [0.15, 0.2) is 36.8 Å². The van der Waals surface area contributed by atoms with Crippen LogP contribution in [0.4, 0.5) is 0 Å². The summed E-state index contributed by atoms with van der Waals surface area (Å²) >= 11 is 0. The number of nitrogens with zero attached hydrogens (tertiary/aromatic N) is 6. The molecule has 1 aliphatic heterocycles. The van der Waals surface area contributed by atoms with Crippen LogP contribution in [-0.4, -0.2) is 61.6 Å². The first-order valence-electron chi connectivity index (χ1n) is 8.04. The monoisotopic (exact) mass is 325 g/mol. The van der Waals surface area contributed by atoms with Gasteiger partial charge in [-0.05, 0) is 51.2 Å². The van der Waals surface area contributed by atoms with Gasteiger partial charge in [-0.15, -0.1) is 5.10 Å². The van der Waals surface area contributed by atoms with Gasteiger partial charge in [-0.1, -0.05) is 5.21 Å². The van der Waals surface area contributed by atoms with E-state index in [1.807, 2.05) is 18.3 Å². The van der Waals surface area contributed by atoms with Crippen LogP contribution in [0.25, 0.3) is 11.2 Å². The molecule has 1 amide bonds. The smallest absolute Gasteiger partial charge is 0.272 e. The van der Waals surface area contributed by atoms with Gasteiger partial charge in [0.05, 0.1) is 23.6 Å². The molecule has 8 nitrogen and oxygen atoms in total. The second-order valence-electron chi connectivity index (χ2n) is 6.19. The predicted molar refractivity (Wildman–Crippen MR) is 88.1 cm³/mol. The highest BCUT2D eigenvalue weighted by molar-refractivity contribution is 5.92. The van der Waals surface area contributed by atoms with Crippen molar-refractivity contribution in [2.45, 2.75) is 18.9 Å². The number of aromatic nitrogens is 5. The highest BCUT2D eigenvalue weighted by atomic mass is 16.2. The molecule has 0 aromatic carbocycles. The number of nitrogens with one attached hydrogen (secondary N) is 1. The minimum absolute atomic E-state index is 0.120. The molecule has 4 rings (SSSR count). The highest BCUT2D eigenvalue weighted by Crippen LogP contribution is 2.11. The van der Waals surface area contributed by atoms with Gasteiger partial charge in [0.25, 0.3) is 5.91 Å². The van der Waals surface area contributed by atoms with Crippen LogP contribution in [-0.2, 0) is 0 Å². The summed E-state index contributed by atoms with van der Waals surface area (Å²) in [6.45, 7) is 2.02. The molecule has 1 fully saturated rings. The van der Waals surface area contributed by atoms with E-state index in [1.54, 1.807) is 27.7 Å². The van der Waals surface area contributed by atoms with Crippen LogP contribution in [0.2, 0.25) is 0 Å². The van der Waals surface area contributed by atoms with Gasteiger partial charge in [0.2, 0.25) is 0 Å². The Hall–Kier alpha value is -2.74. The first kappa shape index (κ1) is 14.8. The van der Waals surface area contributed by atoms with Crippen molar-refractivity contribution < 1.29 is 4.79 Å². The van der Waals surface area contributed by atoms with Crippen molar-refractivity contribution in [1.82, 2.24) is 34.8 Å². The van der Waals surface area contributed by atoms with Gasteiger partial charge in [-0.2, -0.15) is 5.10 Å². The third-order valence-corrected chi connectivity index (χ3v) is 4.42. The Morgan fingerprint density at radius 3 is 2.92 bits per heavy atom. The number of carbonyl (C=O) groups is 1. The number of amides is 1. The number of piperidine rings is 1. The average Bonchev–Trinajstić information content (AvgIpc) is 3.25. The average molecular weight is 325 g/mol. The number of fused-ring (bicyclic) bond motifs is 1. The maximum absolute atomic E-state index is 12.4. The number of pyridine rings is 1. The summed E-state index contributed by atoms with van der Waals surface area (Å²) in [6, 6.07) is 5.79. The molecule has 3 aromatic rings. The lowest BCUT2D eigenvalue weighted by atomic mass is 10.1. The van der Waals surface area contributed by atoms with Gasteiger partial charge in [-0.3, -0.25) is 4.79 Å². The second-order valence-corrected chi connectivity index (χ2v) is 6.19. The fourth-order valence-corrected chi connectivity index (χ4v) is 2.95. The standard InChI is InChI=1S/C16H19N7O/c1-21-7-4-12(5-8-21)18-16(24)15-6-9-22(19-15)14-3-2-13-10-17-20-23(13)11-14/h2-3,6,9-12H,4-5,7-8H2,1H3,(H,18,24). The summed E-state index contributed by atoms with van der Waals surface area (Å²) in [4.78, 5) is 14.7. The third kappa shape index (κ3) is 2.88. The van der Waals surface area contributed by atoms with E-state index in [2.05, 4.69) is 32.7 Å². The molecular weight excluding hydrogens is 306 g/mol. The van der Waals surface area contributed by atoms with Crippen LogP contribution >= 0.6 is 0 Å². The van der Waals surface area contributed by atoms with Gasteiger partial charge in [0.15, 0.2) is 5.69 Å². The van der Waals surface area contributed by atoms with Crippen LogP contribution in [0.3, 0.4) is 0 Å². The van der Waals surface area contributed by atoms with E-state index in [1.165, 1.54) is 0 Å². The third-order valence-electron chi connectivity index (χ3n) is 4.42. The molecule has 0 radical (unpaired) electrons. The van der Waals surface area contributed by atoms with Crippen molar-refractivity contribution in [1.29, 1.82) is 0 Å². The topological polar surface area (TPSA) is 80.4 Å². The van der Waals surface area contributed by atoms with E-state index < -0.39 is 0 Å². The normalized spacial score (nSPS) is 16.5. The van der Waals surface area contributed by atoms with Crippen molar-refractivity contribution in [2.24, 2.45) is 0 Å². The minimum Gasteiger partial charge on any atom is -0.348 e. The highest BCUT2D eigenvalue weighted by Gasteiger charge is 2.20. The second kappa shape index (κ2) is 6.04. The SMILES string of the molecule is CN1CCC(NC(=O)c2ccn(-c3ccc4cnnn4c3)n2)CC1. The molecule has 0 atom stereocenters. The van der Waals surface area contributed by atoms with Gasteiger partial charge in [0, 0.05) is 12.2 Å². The number of hydrogen-bond acceptors (Lipinski definition) is 5. The van der Waals surface area contributed by atoms with E-state index in [0.29, 0.717) is 5.69 Å². The first-order chi connectivity index (χ1) is 11.7. The molecule has 1 aliphatic rings. The molecule has 0 saturated carbocycles. The van der Waals surface area contributed by atoms with E-state index in [-0.39, 0.29) is 11.9 Å². The van der Waals surface area contributed by atoms with Crippen LogP contribution in [0.1, 0.15) is 23.3 Å². The number of hydrogen-bond donors (Lipinski definition) is 1. The van der Waals surface area contributed by atoms with E-state index in [9.17, 15) is 4.79 Å². The van der Waals surface area contributed by atoms with Gasteiger partial charge in [-0.25, -0.2) is 9.20 Å². The van der Waals surface area contributed by atoms with Crippen molar-refractivity contribution in [3.63, 3.8) is 0 Å². The number of rotatable bonds is 3. The molecule has 8 heteroatoms. The summed E-state index contributed by atoms with van der Waals surface area (Å²) in [5, 5.41) is 15.3. The summed E-state index contributed by atoms with van der Waals surface area (Å²) in [5.74, 6) is -0.120. The fourth-order valence-electron chi connectivity index (χ4n) is 2.95. The summed E-state index contributed by atoms with van der Waals surface area (Å²) in [6.07, 6.45) is 7.25. The fraction of sp³-hybridized carbons (Fsp3) is 0.375. The molecule has 0 unspecified atom stereocenters. The van der Waals surface area contributed by atoms with Crippen molar-refractivity contribution >= 4 is 11.4 Å². The summed E-state index contributed by atoms with van der Waals surface area (Å²) < 4.78 is 3.35. The van der Waals surface area contributed by atoms with Crippen LogP contribution < -0.4 is 5.32 Å². The molecular formula is C16H19N7O. The van der Waals surface area contributed by atoms with Gasteiger partial charge >= 0.3 is 0 Å². The zero-order valence-corrected chi connectivity index (χ0v) is 13.5. The Kier molecular flexibility index (Phi) is 3.73. The molecule has 0 spiro atoms. The van der Waals surface area contributed by atoms with E-state index in [0.717, 1.165) is 37.1 Å². The molecule has 0 bridgehead atoms. The van der Waals surface area contributed by atoms with Crippen LogP contribution in [0, 0.1) is 0 Å². The van der Waals surface area contributed by atoms with Gasteiger partial charge < -0.3 is 10.2 Å². The molecule has 0 aliphatic carbocycles. The lowest BCUT2D eigenvalue weighted by molar-refractivity contribution is 0.0911.